The molecular formula is C32H42N2O8. The largest absolute Gasteiger partial charge is 0.459 e. The van der Waals surface area contributed by atoms with E-state index < -0.39 is 48.2 Å². The molecule has 10 nitrogen and oxygen atoms in total. The van der Waals surface area contributed by atoms with Crippen LogP contribution in [0, 0.1) is 0 Å². The zero-order valence-corrected chi connectivity index (χ0v) is 25.4. The molecule has 1 aliphatic carbocycles. The van der Waals surface area contributed by atoms with Gasteiger partial charge in [-0.05, 0) is 63.8 Å². The van der Waals surface area contributed by atoms with Crippen molar-refractivity contribution in [3.8, 4) is 11.1 Å². The quantitative estimate of drug-likeness (QED) is 0.222. The predicted octanol–water partition coefficient (Wildman–Crippen LogP) is 4.44. The van der Waals surface area contributed by atoms with Crippen molar-refractivity contribution in [1.82, 2.24) is 10.2 Å². The Labute approximate surface area is 247 Å². The molecule has 0 unspecified atom stereocenters. The molecule has 0 saturated heterocycles. The Kier molecular flexibility index (Phi) is 11.1. The fourth-order valence-corrected chi connectivity index (χ4v) is 4.59. The minimum absolute atomic E-state index is 0.0321. The number of ether oxygens (including phenoxy) is 4. The zero-order chi connectivity index (χ0) is 30.9. The molecule has 0 radical (unpaired) electrons. The van der Waals surface area contributed by atoms with Crippen molar-refractivity contribution in [2.24, 2.45) is 0 Å². The predicted molar refractivity (Wildman–Crippen MR) is 157 cm³/mol. The van der Waals surface area contributed by atoms with Crippen molar-refractivity contribution >= 4 is 23.9 Å². The fraction of sp³-hybridized carbons (Fsp3) is 0.500. The maximum absolute atomic E-state index is 12.8. The van der Waals surface area contributed by atoms with E-state index in [9.17, 15) is 19.2 Å². The van der Waals surface area contributed by atoms with Gasteiger partial charge in [-0.1, -0.05) is 48.5 Å². The molecule has 0 aliphatic heterocycles. The van der Waals surface area contributed by atoms with Crippen LogP contribution in [0.4, 0.5) is 4.79 Å². The van der Waals surface area contributed by atoms with E-state index in [1.807, 2.05) is 24.3 Å². The molecule has 2 aromatic rings. The SMILES string of the molecule is CC(C)(C)OC(=O)CN(CC(=O)OC(C)(C)C)C(=O)CCOCCNC(=O)OCC1c2ccccc2-c2ccccc21. The minimum atomic E-state index is -0.735. The van der Waals surface area contributed by atoms with Crippen molar-refractivity contribution in [3.63, 3.8) is 0 Å². The Hall–Kier alpha value is -3.92. The number of carbonyl (C=O) groups excluding carboxylic acids is 4. The van der Waals surface area contributed by atoms with E-state index in [-0.39, 0.29) is 38.7 Å². The van der Waals surface area contributed by atoms with Gasteiger partial charge in [0.05, 0.1) is 19.6 Å². The summed E-state index contributed by atoms with van der Waals surface area (Å²) in [5, 5.41) is 2.66. The number of esters is 2. The van der Waals surface area contributed by atoms with Gasteiger partial charge in [0.15, 0.2) is 0 Å². The van der Waals surface area contributed by atoms with Gasteiger partial charge >= 0.3 is 18.0 Å². The Morgan fingerprint density at radius 2 is 1.26 bits per heavy atom. The summed E-state index contributed by atoms with van der Waals surface area (Å²) in [5.74, 6) is -1.76. The van der Waals surface area contributed by atoms with E-state index in [0.29, 0.717) is 0 Å². The Balaban J connectivity index is 1.40. The van der Waals surface area contributed by atoms with Gasteiger partial charge in [-0.3, -0.25) is 14.4 Å². The second-order valence-corrected chi connectivity index (χ2v) is 12.0. The van der Waals surface area contributed by atoms with Gasteiger partial charge in [0.2, 0.25) is 5.91 Å². The van der Waals surface area contributed by atoms with Crippen molar-refractivity contribution in [3.05, 3.63) is 59.7 Å². The maximum atomic E-state index is 12.8. The lowest BCUT2D eigenvalue weighted by Crippen LogP contribution is -2.43. The van der Waals surface area contributed by atoms with Crippen LogP contribution >= 0.6 is 0 Å². The molecule has 0 heterocycles. The van der Waals surface area contributed by atoms with Gasteiger partial charge < -0.3 is 29.2 Å². The van der Waals surface area contributed by atoms with Gasteiger partial charge in [0.1, 0.15) is 30.9 Å². The van der Waals surface area contributed by atoms with E-state index in [0.717, 1.165) is 27.2 Å². The van der Waals surface area contributed by atoms with Crippen molar-refractivity contribution in [2.75, 3.05) is 39.5 Å². The molecule has 42 heavy (non-hydrogen) atoms. The lowest BCUT2D eigenvalue weighted by atomic mass is 9.98. The lowest BCUT2D eigenvalue weighted by molar-refractivity contribution is -0.164. The van der Waals surface area contributed by atoms with Crippen LogP contribution in [0.2, 0.25) is 0 Å². The standard InChI is InChI=1S/C32H42N2O8/c1-31(2,3)41-28(36)19-34(20-29(37)42-32(4,5)6)27(35)15-17-39-18-16-33-30(38)40-21-26-24-13-9-7-11-22(24)23-12-8-10-14-25(23)26/h7-14,26H,15-21H2,1-6H3,(H,33,38). The number of hydrogen-bond acceptors (Lipinski definition) is 8. The fourth-order valence-electron chi connectivity index (χ4n) is 4.59. The van der Waals surface area contributed by atoms with Crippen molar-refractivity contribution < 1.29 is 38.1 Å². The summed E-state index contributed by atoms with van der Waals surface area (Å²) in [6, 6.07) is 16.2. The molecule has 2 aromatic carbocycles. The van der Waals surface area contributed by atoms with E-state index >= 15 is 0 Å². The first kappa shape index (κ1) is 32.6. The maximum Gasteiger partial charge on any atom is 0.407 e. The summed E-state index contributed by atoms with van der Waals surface area (Å²) >= 11 is 0. The first-order chi connectivity index (χ1) is 19.7. The molecule has 1 aliphatic rings. The summed E-state index contributed by atoms with van der Waals surface area (Å²) in [4.78, 5) is 50.9. The summed E-state index contributed by atoms with van der Waals surface area (Å²) in [6.07, 6.45) is -0.631. The number of hydrogen-bond donors (Lipinski definition) is 1. The summed E-state index contributed by atoms with van der Waals surface area (Å²) in [5.41, 5.74) is 3.10. The summed E-state index contributed by atoms with van der Waals surface area (Å²) in [7, 11) is 0. The molecule has 2 amide bonds. The Morgan fingerprint density at radius 3 is 1.76 bits per heavy atom. The number of amides is 2. The van der Waals surface area contributed by atoms with Crippen molar-refractivity contribution in [1.29, 1.82) is 0 Å². The Bertz CT molecular complexity index is 1190. The highest BCUT2D eigenvalue weighted by molar-refractivity contribution is 5.86. The normalized spacial score (nSPS) is 12.6. The molecule has 0 atom stereocenters. The molecule has 0 fully saturated rings. The average molecular weight is 583 g/mol. The number of alkyl carbamates (subject to hydrolysis) is 1. The lowest BCUT2D eigenvalue weighted by Gasteiger charge is -2.26. The van der Waals surface area contributed by atoms with Crippen molar-refractivity contribution in [2.45, 2.75) is 65.1 Å². The number of fused-ring (bicyclic) bond motifs is 3. The highest BCUT2D eigenvalue weighted by Crippen LogP contribution is 2.44. The number of nitrogens with zero attached hydrogens (tertiary/aromatic N) is 1. The van der Waals surface area contributed by atoms with Gasteiger partial charge in [0.25, 0.3) is 0 Å². The number of carbonyl (C=O) groups is 4. The van der Waals surface area contributed by atoms with Crippen LogP contribution in [0.3, 0.4) is 0 Å². The van der Waals surface area contributed by atoms with E-state index in [2.05, 4.69) is 29.6 Å². The Morgan fingerprint density at radius 1 is 0.762 bits per heavy atom. The third-order valence-corrected chi connectivity index (χ3v) is 6.15. The van der Waals surface area contributed by atoms with E-state index in [1.54, 1.807) is 41.5 Å². The number of rotatable bonds is 12. The second kappa shape index (κ2) is 14.3. The second-order valence-electron chi connectivity index (χ2n) is 12.0. The first-order valence-electron chi connectivity index (χ1n) is 14.1. The summed E-state index contributed by atoms with van der Waals surface area (Å²) < 4.78 is 21.6. The monoisotopic (exact) mass is 582 g/mol. The molecular weight excluding hydrogens is 540 g/mol. The molecule has 0 saturated carbocycles. The van der Waals surface area contributed by atoms with Crippen LogP contribution in [-0.2, 0) is 33.3 Å². The number of benzene rings is 2. The first-order valence-corrected chi connectivity index (χ1v) is 14.1. The number of nitrogens with one attached hydrogen (secondary N) is 1. The summed E-state index contributed by atoms with van der Waals surface area (Å²) in [6.45, 7) is 10.1. The van der Waals surface area contributed by atoms with Crippen LogP contribution in [0.25, 0.3) is 11.1 Å². The average Bonchev–Trinajstić information content (AvgIpc) is 3.20. The highest BCUT2D eigenvalue weighted by atomic mass is 16.6. The van der Waals surface area contributed by atoms with Gasteiger partial charge in [0, 0.05) is 12.5 Å². The van der Waals surface area contributed by atoms with Crippen LogP contribution in [-0.4, -0.2) is 79.5 Å². The van der Waals surface area contributed by atoms with Gasteiger partial charge in [-0.25, -0.2) is 4.79 Å². The van der Waals surface area contributed by atoms with Gasteiger partial charge in [-0.2, -0.15) is 0 Å². The van der Waals surface area contributed by atoms with E-state index in [1.165, 1.54) is 0 Å². The smallest absolute Gasteiger partial charge is 0.407 e. The topological polar surface area (TPSA) is 120 Å². The molecule has 0 spiro atoms. The molecule has 228 valence electrons. The van der Waals surface area contributed by atoms with Gasteiger partial charge in [-0.15, -0.1) is 0 Å². The molecule has 10 heteroatoms. The van der Waals surface area contributed by atoms with Crippen LogP contribution in [0.5, 0.6) is 0 Å². The third kappa shape index (κ3) is 10.2. The molecule has 3 rings (SSSR count). The van der Waals surface area contributed by atoms with Crippen LogP contribution < -0.4 is 5.32 Å². The molecule has 1 N–H and O–H groups in total. The van der Waals surface area contributed by atoms with Crippen LogP contribution in [0.15, 0.2) is 48.5 Å². The minimum Gasteiger partial charge on any atom is -0.459 e. The zero-order valence-electron chi connectivity index (χ0n) is 25.4. The van der Waals surface area contributed by atoms with E-state index in [4.69, 9.17) is 18.9 Å². The highest BCUT2D eigenvalue weighted by Gasteiger charge is 2.29. The molecule has 0 bridgehead atoms. The van der Waals surface area contributed by atoms with Crippen LogP contribution in [0.1, 0.15) is 65.0 Å². The third-order valence-electron chi connectivity index (χ3n) is 6.15. The molecule has 0 aromatic heterocycles.